The first-order valence-electron chi connectivity index (χ1n) is 7.68. The Balaban J connectivity index is 1.68. The number of fused-ring (bicyclic) bond motifs is 1. The van der Waals surface area contributed by atoms with Gasteiger partial charge in [0.25, 0.3) is 5.91 Å². The van der Waals surface area contributed by atoms with Crippen LogP contribution in [0.4, 0.5) is 0 Å². The molecular weight excluding hydrogens is 280 g/mol. The first-order valence-corrected chi connectivity index (χ1v) is 7.68. The summed E-state index contributed by atoms with van der Waals surface area (Å²) in [6.45, 7) is 6.93. The van der Waals surface area contributed by atoms with Gasteiger partial charge in [0.05, 0.1) is 0 Å². The Hall–Kier alpha value is -2.04. The number of ether oxygens (including phenoxy) is 2. The van der Waals surface area contributed by atoms with Crippen molar-refractivity contribution in [2.75, 3.05) is 6.79 Å². The topological polar surface area (TPSA) is 59.9 Å². The molecule has 1 atom stereocenters. The number of hydrazone groups is 1. The van der Waals surface area contributed by atoms with Gasteiger partial charge in [-0.15, -0.1) is 0 Å². The minimum absolute atomic E-state index is 0.204. The quantitative estimate of drug-likeness (QED) is 0.852. The zero-order chi connectivity index (χ0) is 15.7. The van der Waals surface area contributed by atoms with E-state index in [0.717, 1.165) is 18.6 Å². The van der Waals surface area contributed by atoms with Crippen LogP contribution >= 0.6 is 0 Å². The molecule has 0 aromatic heterocycles. The molecule has 1 unspecified atom stereocenters. The van der Waals surface area contributed by atoms with Gasteiger partial charge in [-0.1, -0.05) is 20.8 Å². The van der Waals surface area contributed by atoms with Gasteiger partial charge in [-0.3, -0.25) is 4.79 Å². The maximum absolute atomic E-state index is 12.2. The molecule has 3 rings (SSSR count). The fraction of sp³-hybridized carbons (Fsp3) is 0.529. The fourth-order valence-electron chi connectivity index (χ4n) is 3.43. The Morgan fingerprint density at radius 3 is 2.86 bits per heavy atom. The van der Waals surface area contributed by atoms with Crippen molar-refractivity contribution in [1.82, 2.24) is 5.43 Å². The van der Waals surface area contributed by atoms with Crippen LogP contribution in [0.3, 0.4) is 0 Å². The van der Waals surface area contributed by atoms with Crippen LogP contribution in [-0.2, 0) is 0 Å². The van der Waals surface area contributed by atoms with E-state index in [0.29, 0.717) is 23.0 Å². The molecule has 1 amide bonds. The first-order chi connectivity index (χ1) is 10.4. The molecule has 1 fully saturated rings. The first kappa shape index (κ1) is 14.9. The third-order valence-corrected chi connectivity index (χ3v) is 4.12. The van der Waals surface area contributed by atoms with Crippen molar-refractivity contribution in [3.63, 3.8) is 0 Å². The van der Waals surface area contributed by atoms with E-state index in [1.807, 2.05) is 0 Å². The predicted molar refractivity (Wildman–Crippen MR) is 84.3 cm³/mol. The summed E-state index contributed by atoms with van der Waals surface area (Å²) in [5, 5.41) is 4.34. The van der Waals surface area contributed by atoms with Crippen molar-refractivity contribution in [2.24, 2.45) is 16.4 Å². The molecule has 1 heterocycles. The van der Waals surface area contributed by atoms with E-state index in [2.05, 4.69) is 31.3 Å². The maximum Gasteiger partial charge on any atom is 0.271 e. The lowest BCUT2D eigenvalue weighted by Gasteiger charge is -2.34. The summed E-state index contributed by atoms with van der Waals surface area (Å²) < 4.78 is 10.5. The number of hydrogen-bond acceptors (Lipinski definition) is 4. The van der Waals surface area contributed by atoms with Crippen molar-refractivity contribution in [3.05, 3.63) is 23.8 Å². The summed E-state index contributed by atoms with van der Waals surface area (Å²) >= 11 is 0. The number of benzene rings is 1. The average molecular weight is 302 g/mol. The molecule has 1 aliphatic carbocycles. The van der Waals surface area contributed by atoms with Crippen molar-refractivity contribution < 1.29 is 14.3 Å². The Bertz CT molecular complexity index is 622. The molecule has 1 N–H and O–H groups in total. The van der Waals surface area contributed by atoms with E-state index < -0.39 is 0 Å². The molecule has 5 nitrogen and oxygen atoms in total. The zero-order valence-corrected chi connectivity index (χ0v) is 13.3. The van der Waals surface area contributed by atoms with E-state index in [4.69, 9.17) is 9.47 Å². The van der Waals surface area contributed by atoms with Gasteiger partial charge in [-0.2, -0.15) is 5.10 Å². The third-order valence-electron chi connectivity index (χ3n) is 4.12. The number of nitrogens with one attached hydrogen (secondary N) is 1. The molecule has 0 bridgehead atoms. The molecule has 1 aliphatic heterocycles. The molecular formula is C17H22N2O3. The van der Waals surface area contributed by atoms with Crippen LogP contribution in [-0.4, -0.2) is 18.4 Å². The Kier molecular flexibility index (Phi) is 3.81. The molecule has 0 spiro atoms. The molecule has 0 saturated heterocycles. The van der Waals surface area contributed by atoms with Gasteiger partial charge in [0.1, 0.15) is 0 Å². The van der Waals surface area contributed by atoms with E-state index in [1.165, 1.54) is 6.42 Å². The molecule has 22 heavy (non-hydrogen) atoms. The number of amides is 1. The van der Waals surface area contributed by atoms with E-state index >= 15 is 0 Å². The van der Waals surface area contributed by atoms with Crippen LogP contribution in [0, 0.1) is 11.3 Å². The Labute approximate surface area is 130 Å². The fourth-order valence-corrected chi connectivity index (χ4v) is 3.43. The minimum atomic E-state index is -0.221. The highest BCUT2D eigenvalue weighted by atomic mass is 16.7. The summed E-state index contributed by atoms with van der Waals surface area (Å²) in [5.74, 6) is 1.66. The van der Waals surface area contributed by atoms with Gasteiger partial charge in [-0.05, 0) is 48.8 Å². The second kappa shape index (κ2) is 5.63. The lowest BCUT2D eigenvalue weighted by atomic mass is 9.72. The molecule has 1 saturated carbocycles. The molecule has 5 heteroatoms. The highest BCUT2D eigenvalue weighted by Gasteiger charge is 2.29. The summed E-state index contributed by atoms with van der Waals surface area (Å²) in [4.78, 5) is 12.2. The second-order valence-electron chi connectivity index (χ2n) is 7.04. The van der Waals surface area contributed by atoms with Gasteiger partial charge < -0.3 is 9.47 Å². The normalized spacial score (nSPS) is 24.3. The zero-order valence-electron chi connectivity index (χ0n) is 13.3. The number of rotatable bonds is 2. The summed E-state index contributed by atoms with van der Waals surface area (Å²) in [6.07, 6.45) is 3.08. The number of nitrogens with zero attached hydrogens (tertiary/aromatic N) is 1. The van der Waals surface area contributed by atoms with Gasteiger partial charge in [0.15, 0.2) is 11.5 Å². The van der Waals surface area contributed by atoms with Crippen LogP contribution < -0.4 is 14.9 Å². The number of hydrogen-bond donors (Lipinski definition) is 1. The van der Waals surface area contributed by atoms with Crippen molar-refractivity contribution in [2.45, 2.75) is 40.0 Å². The van der Waals surface area contributed by atoms with E-state index in [-0.39, 0.29) is 18.1 Å². The SMILES string of the molecule is CC1C/C(=N\NC(=O)c2ccc3c(c2)OCO3)CC(C)(C)C1. The minimum Gasteiger partial charge on any atom is -0.454 e. The lowest BCUT2D eigenvalue weighted by Crippen LogP contribution is -2.30. The number of carbonyl (C=O) groups excluding carboxylic acids is 1. The highest BCUT2D eigenvalue weighted by molar-refractivity contribution is 5.96. The van der Waals surface area contributed by atoms with Crippen molar-refractivity contribution in [3.8, 4) is 11.5 Å². The van der Waals surface area contributed by atoms with Crippen LogP contribution in [0.25, 0.3) is 0 Å². The summed E-state index contributed by atoms with van der Waals surface area (Å²) in [7, 11) is 0. The van der Waals surface area contributed by atoms with Gasteiger partial charge >= 0.3 is 0 Å². The van der Waals surface area contributed by atoms with Crippen LogP contribution in [0.5, 0.6) is 11.5 Å². The van der Waals surface area contributed by atoms with Gasteiger partial charge in [0, 0.05) is 11.3 Å². The third kappa shape index (κ3) is 3.24. The largest absolute Gasteiger partial charge is 0.454 e. The van der Waals surface area contributed by atoms with E-state index in [9.17, 15) is 4.79 Å². The maximum atomic E-state index is 12.2. The molecule has 2 aliphatic rings. The van der Waals surface area contributed by atoms with Gasteiger partial charge in [-0.25, -0.2) is 5.43 Å². The highest BCUT2D eigenvalue weighted by Crippen LogP contribution is 2.37. The Morgan fingerprint density at radius 1 is 1.32 bits per heavy atom. The smallest absolute Gasteiger partial charge is 0.271 e. The standard InChI is InChI=1S/C17H22N2O3/c1-11-6-13(9-17(2,3)8-11)18-19-16(20)12-4-5-14-15(7-12)22-10-21-14/h4-5,7,11H,6,8-10H2,1-3H3,(H,19,20)/b18-13+. The van der Waals surface area contributed by atoms with E-state index in [1.54, 1.807) is 18.2 Å². The Morgan fingerprint density at radius 2 is 2.09 bits per heavy atom. The summed E-state index contributed by atoms with van der Waals surface area (Å²) in [6, 6.07) is 5.15. The van der Waals surface area contributed by atoms with Crippen molar-refractivity contribution in [1.29, 1.82) is 0 Å². The molecule has 118 valence electrons. The monoisotopic (exact) mass is 302 g/mol. The predicted octanol–water partition coefficient (Wildman–Crippen LogP) is 3.35. The lowest BCUT2D eigenvalue weighted by molar-refractivity contribution is 0.0953. The number of carbonyl (C=O) groups is 1. The van der Waals surface area contributed by atoms with Crippen LogP contribution in [0.15, 0.2) is 23.3 Å². The molecule has 1 aromatic rings. The van der Waals surface area contributed by atoms with Crippen LogP contribution in [0.2, 0.25) is 0 Å². The molecule has 0 radical (unpaired) electrons. The van der Waals surface area contributed by atoms with Gasteiger partial charge in [0.2, 0.25) is 6.79 Å². The second-order valence-corrected chi connectivity index (χ2v) is 7.04. The van der Waals surface area contributed by atoms with Crippen molar-refractivity contribution >= 4 is 11.6 Å². The van der Waals surface area contributed by atoms with Crippen LogP contribution in [0.1, 0.15) is 50.4 Å². The summed E-state index contributed by atoms with van der Waals surface area (Å²) in [5.41, 5.74) is 4.51. The average Bonchev–Trinajstić information content (AvgIpc) is 2.89. The molecule has 1 aromatic carbocycles.